The minimum Gasteiger partial charge on any atom is -0.381 e. The average Bonchev–Trinajstić information content (AvgIpc) is 2.37. The van der Waals surface area contributed by atoms with Crippen molar-refractivity contribution in [3.8, 4) is 0 Å². The summed E-state index contributed by atoms with van der Waals surface area (Å²) in [6.07, 6.45) is 1.68. The normalized spacial score (nSPS) is 12.1. The van der Waals surface area contributed by atoms with Crippen LogP contribution in [0.15, 0.2) is 53.4 Å². The highest BCUT2D eigenvalue weighted by Gasteiger charge is 1.99. The molecule has 0 aliphatic carbocycles. The Morgan fingerprint density at radius 3 is 2.67 bits per heavy atom. The van der Waals surface area contributed by atoms with Crippen LogP contribution in [0.5, 0.6) is 0 Å². The maximum atomic E-state index is 11.4. The first-order valence-corrected chi connectivity index (χ1v) is 7.50. The molecule has 0 bridgehead atoms. The summed E-state index contributed by atoms with van der Waals surface area (Å²) in [4.78, 5) is 0.825. The van der Waals surface area contributed by atoms with Gasteiger partial charge in [-0.05, 0) is 35.9 Å². The van der Waals surface area contributed by atoms with Crippen LogP contribution >= 0.6 is 11.6 Å². The molecule has 2 aromatic carbocycles. The quantitative estimate of drug-likeness (QED) is 0.925. The molecule has 18 heavy (non-hydrogen) atoms. The summed E-state index contributed by atoms with van der Waals surface area (Å²) < 4.78 is 11.4. The number of anilines is 1. The van der Waals surface area contributed by atoms with E-state index in [1.165, 1.54) is 0 Å². The van der Waals surface area contributed by atoms with Gasteiger partial charge < -0.3 is 5.32 Å². The van der Waals surface area contributed by atoms with E-state index in [9.17, 15) is 4.21 Å². The van der Waals surface area contributed by atoms with E-state index in [4.69, 9.17) is 11.6 Å². The molecule has 0 unspecified atom stereocenters. The molecule has 0 saturated carbocycles. The van der Waals surface area contributed by atoms with Crippen LogP contribution in [0.1, 0.15) is 5.56 Å². The van der Waals surface area contributed by atoms with E-state index < -0.39 is 10.8 Å². The highest BCUT2D eigenvalue weighted by molar-refractivity contribution is 7.84. The van der Waals surface area contributed by atoms with E-state index in [0.717, 1.165) is 21.2 Å². The number of benzene rings is 2. The lowest BCUT2D eigenvalue weighted by Gasteiger charge is -2.08. The van der Waals surface area contributed by atoms with Gasteiger partial charge in [0.15, 0.2) is 0 Å². The second-order valence-corrected chi connectivity index (χ2v) is 5.78. The predicted molar refractivity (Wildman–Crippen MR) is 77.6 cm³/mol. The van der Waals surface area contributed by atoms with Crippen LogP contribution in [0.2, 0.25) is 5.02 Å². The van der Waals surface area contributed by atoms with E-state index in [2.05, 4.69) is 5.32 Å². The summed E-state index contributed by atoms with van der Waals surface area (Å²) in [6, 6.07) is 15.3. The van der Waals surface area contributed by atoms with Crippen molar-refractivity contribution in [2.75, 3.05) is 11.6 Å². The third-order valence-corrected chi connectivity index (χ3v) is 3.70. The third kappa shape index (κ3) is 3.59. The van der Waals surface area contributed by atoms with Gasteiger partial charge in [0, 0.05) is 39.2 Å². The molecule has 0 fully saturated rings. The third-order valence-electron chi connectivity index (χ3n) is 2.55. The van der Waals surface area contributed by atoms with Gasteiger partial charge in [0.05, 0.1) is 0 Å². The Labute approximate surface area is 114 Å². The molecule has 0 aliphatic heterocycles. The maximum absolute atomic E-state index is 11.4. The van der Waals surface area contributed by atoms with Gasteiger partial charge >= 0.3 is 0 Å². The monoisotopic (exact) mass is 279 g/mol. The second kappa shape index (κ2) is 6.03. The van der Waals surface area contributed by atoms with Crippen LogP contribution in [0.4, 0.5) is 5.69 Å². The summed E-state index contributed by atoms with van der Waals surface area (Å²) in [7, 11) is -0.952. The Kier molecular flexibility index (Phi) is 4.39. The zero-order valence-corrected chi connectivity index (χ0v) is 11.6. The van der Waals surface area contributed by atoms with Crippen LogP contribution < -0.4 is 5.32 Å². The fourth-order valence-corrected chi connectivity index (χ4v) is 2.41. The summed E-state index contributed by atoms with van der Waals surface area (Å²) in [5.74, 6) is 0. The molecule has 0 radical (unpaired) electrons. The number of halogens is 1. The Hall–Kier alpha value is -1.32. The first-order chi connectivity index (χ1) is 8.65. The molecule has 2 rings (SSSR count). The average molecular weight is 280 g/mol. The Morgan fingerprint density at radius 2 is 1.94 bits per heavy atom. The van der Waals surface area contributed by atoms with Gasteiger partial charge in [-0.1, -0.05) is 29.8 Å². The van der Waals surface area contributed by atoms with E-state index in [1.54, 1.807) is 6.26 Å². The summed E-state index contributed by atoms with van der Waals surface area (Å²) in [6.45, 7) is 0.695. The van der Waals surface area contributed by atoms with Gasteiger partial charge in [0.1, 0.15) is 0 Å². The number of nitrogens with one attached hydrogen (secondary N) is 1. The topological polar surface area (TPSA) is 29.1 Å². The summed E-state index contributed by atoms with van der Waals surface area (Å²) >= 11 is 5.93. The van der Waals surface area contributed by atoms with Crippen LogP contribution in [-0.4, -0.2) is 10.5 Å². The molecule has 1 N–H and O–H groups in total. The van der Waals surface area contributed by atoms with Crippen molar-refractivity contribution in [3.63, 3.8) is 0 Å². The maximum Gasteiger partial charge on any atom is 0.0498 e. The van der Waals surface area contributed by atoms with Crippen molar-refractivity contribution in [1.82, 2.24) is 0 Å². The van der Waals surface area contributed by atoms with Crippen LogP contribution in [0.25, 0.3) is 0 Å². The van der Waals surface area contributed by atoms with Gasteiger partial charge in [-0.3, -0.25) is 4.21 Å². The molecule has 0 heterocycles. The molecule has 0 aliphatic rings. The molecule has 0 aromatic heterocycles. The zero-order chi connectivity index (χ0) is 13.0. The van der Waals surface area contributed by atoms with Crippen molar-refractivity contribution >= 4 is 28.1 Å². The molecule has 1 atom stereocenters. The molecule has 4 heteroatoms. The summed E-state index contributed by atoms with van der Waals surface area (Å²) in [5, 5.41) is 4.02. The van der Waals surface area contributed by atoms with Gasteiger partial charge in [0.25, 0.3) is 0 Å². The highest BCUT2D eigenvalue weighted by Crippen LogP contribution is 2.16. The van der Waals surface area contributed by atoms with Gasteiger partial charge in [-0.25, -0.2) is 0 Å². The fraction of sp³-hybridized carbons (Fsp3) is 0.143. The standard InChI is InChI=1S/C14H14ClNOS/c1-18(17)14-7-3-6-13(9-14)16-10-11-4-2-5-12(15)8-11/h2-9,16H,10H2,1H3/t18-/m1/s1. The SMILES string of the molecule is C[S@@](=O)c1cccc(NCc2cccc(Cl)c2)c1. The molecule has 2 nitrogen and oxygen atoms in total. The minimum atomic E-state index is -0.952. The lowest BCUT2D eigenvalue weighted by molar-refractivity contribution is 0.687. The number of hydrogen-bond donors (Lipinski definition) is 1. The zero-order valence-electron chi connectivity index (χ0n) is 10.0. The van der Waals surface area contributed by atoms with E-state index in [1.807, 2.05) is 48.5 Å². The van der Waals surface area contributed by atoms with Gasteiger partial charge in [-0.2, -0.15) is 0 Å². The largest absolute Gasteiger partial charge is 0.381 e. The van der Waals surface area contributed by atoms with Gasteiger partial charge in [-0.15, -0.1) is 0 Å². The van der Waals surface area contributed by atoms with Crippen molar-refractivity contribution in [2.45, 2.75) is 11.4 Å². The molecule has 0 saturated heterocycles. The van der Waals surface area contributed by atoms with Crippen LogP contribution in [-0.2, 0) is 17.3 Å². The first-order valence-electron chi connectivity index (χ1n) is 5.57. The summed E-state index contributed by atoms with van der Waals surface area (Å²) in [5.41, 5.74) is 2.08. The molecule has 94 valence electrons. The van der Waals surface area contributed by atoms with Crippen LogP contribution in [0, 0.1) is 0 Å². The Balaban J connectivity index is 2.06. The predicted octanol–water partition coefficient (Wildman–Crippen LogP) is 3.69. The second-order valence-electron chi connectivity index (χ2n) is 3.97. The van der Waals surface area contributed by atoms with Crippen molar-refractivity contribution in [2.24, 2.45) is 0 Å². The minimum absolute atomic E-state index is 0.695. The molecular weight excluding hydrogens is 266 g/mol. The van der Waals surface area contributed by atoms with Crippen molar-refractivity contribution in [3.05, 3.63) is 59.1 Å². The molecular formula is C14H14ClNOS. The highest BCUT2D eigenvalue weighted by atomic mass is 35.5. The smallest absolute Gasteiger partial charge is 0.0498 e. The van der Waals surface area contributed by atoms with Crippen LogP contribution in [0.3, 0.4) is 0 Å². The first kappa shape index (κ1) is 13.1. The molecule has 2 aromatic rings. The lowest BCUT2D eigenvalue weighted by atomic mass is 10.2. The number of hydrogen-bond acceptors (Lipinski definition) is 2. The molecule has 0 spiro atoms. The van der Waals surface area contributed by atoms with Crippen molar-refractivity contribution in [1.29, 1.82) is 0 Å². The van der Waals surface area contributed by atoms with E-state index >= 15 is 0 Å². The fourth-order valence-electron chi connectivity index (χ4n) is 1.64. The lowest BCUT2D eigenvalue weighted by Crippen LogP contribution is -2.00. The Bertz CT molecular complexity index is 571. The Morgan fingerprint density at radius 1 is 1.17 bits per heavy atom. The molecule has 0 amide bonds. The number of rotatable bonds is 4. The van der Waals surface area contributed by atoms with E-state index in [0.29, 0.717) is 6.54 Å². The van der Waals surface area contributed by atoms with Crippen molar-refractivity contribution < 1.29 is 4.21 Å². The van der Waals surface area contributed by atoms with Gasteiger partial charge in [0.2, 0.25) is 0 Å². The van der Waals surface area contributed by atoms with E-state index in [-0.39, 0.29) is 0 Å².